The third kappa shape index (κ3) is 7.49. The zero-order chi connectivity index (χ0) is 33.3. The van der Waals surface area contributed by atoms with Crippen LogP contribution in [0.4, 0.5) is 23.2 Å². The van der Waals surface area contributed by atoms with Crippen LogP contribution in [-0.2, 0) is 42.4 Å². The number of alkyl halides is 3. The lowest BCUT2D eigenvalue weighted by Gasteiger charge is -2.16. The number of hydrogen-bond acceptors (Lipinski definition) is 10. The minimum absolute atomic E-state index is 0.0522. The molecule has 1 saturated heterocycles. The number of aliphatic imine (C=N–C) groups is 1. The number of benzene rings is 1. The van der Waals surface area contributed by atoms with E-state index in [1.807, 2.05) is 4.72 Å². The van der Waals surface area contributed by atoms with Crippen molar-refractivity contribution < 1.29 is 45.1 Å². The summed E-state index contributed by atoms with van der Waals surface area (Å²) in [5.74, 6) is -4.03. The Balaban J connectivity index is 2.10. The van der Waals surface area contributed by atoms with Crippen molar-refractivity contribution in [3.8, 4) is 5.69 Å². The van der Waals surface area contributed by atoms with Crippen LogP contribution in [-0.4, -0.2) is 69.1 Å². The summed E-state index contributed by atoms with van der Waals surface area (Å²) < 4.78 is 85.8. The summed E-state index contributed by atoms with van der Waals surface area (Å²) in [4.78, 5) is 68.0. The van der Waals surface area contributed by atoms with Crippen LogP contribution in [0.25, 0.3) is 5.69 Å². The van der Waals surface area contributed by atoms with Gasteiger partial charge in [-0.25, -0.2) is 27.2 Å². The van der Waals surface area contributed by atoms with Crippen LogP contribution >= 0.6 is 23.4 Å². The molecule has 1 fully saturated rings. The highest BCUT2D eigenvalue weighted by Gasteiger charge is 2.41. The molecule has 44 heavy (non-hydrogen) atoms. The number of aromatic nitrogens is 2. The van der Waals surface area contributed by atoms with Crippen LogP contribution in [0.2, 0.25) is 5.02 Å². The summed E-state index contributed by atoms with van der Waals surface area (Å²) in [6, 6.07) is 1.49. The highest BCUT2D eigenvalue weighted by Crippen LogP contribution is 2.35. The van der Waals surface area contributed by atoms with E-state index >= 15 is 0 Å². The Morgan fingerprint density at radius 3 is 2.39 bits per heavy atom. The second kappa shape index (κ2) is 13.1. The average molecular weight is 686 g/mol. The highest BCUT2D eigenvalue weighted by molar-refractivity contribution is 8.15. The molecule has 20 heteroatoms. The molecular formula is C24H24ClF4N5O8S2. The molecule has 1 N–H and O–H groups in total. The second-order valence-corrected chi connectivity index (χ2v) is 13.2. The molecule has 1 aliphatic rings. The topological polar surface area (TPSA) is 166 Å². The fourth-order valence-electron chi connectivity index (χ4n) is 3.70. The summed E-state index contributed by atoms with van der Waals surface area (Å²) in [6.45, 7) is 3.40. The molecule has 3 rings (SSSR count). The lowest BCUT2D eigenvalue weighted by atomic mass is 10.2. The quantitative estimate of drug-likeness (QED) is 0.307. The SMILES string of the molecule is CCOC(=O)CN1C(=O)C(CC(=O)NS(=O)(=O)C(C)C)S/C1=N\c1cc(-n2c(=O)cc(C(F)(F)F)n(C)c2=O)c(F)cc1Cl. The Labute approximate surface area is 255 Å². The van der Waals surface area contributed by atoms with E-state index in [0.29, 0.717) is 17.8 Å². The zero-order valence-electron chi connectivity index (χ0n) is 23.3. The van der Waals surface area contributed by atoms with E-state index < -0.39 is 90.9 Å². The van der Waals surface area contributed by atoms with E-state index in [-0.39, 0.29) is 32.7 Å². The fourth-order valence-corrected chi connectivity index (χ4v) is 5.68. The first-order valence-corrected chi connectivity index (χ1v) is 15.2. The van der Waals surface area contributed by atoms with Gasteiger partial charge in [-0.05, 0) is 32.9 Å². The molecule has 2 aromatic rings. The molecule has 13 nitrogen and oxygen atoms in total. The van der Waals surface area contributed by atoms with Gasteiger partial charge in [0.25, 0.3) is 5.56 Å². The molecule has 0 bridgehead atoms. The second-order valence-electron chi connectivity index (χ2n) is 9.35. The smallest absolute Gasteiger partial charge is 0.431 e. The average Bonchev–Trinajstić information content (AvgIpc) is 3.16. The number of halogens is 5. The first-order chi connectivity index (χ1) is 20.3. The highest BCUT2D eigenvalue weighted by atomic mass is 35.5. The number of amidine groups is 1. The molecule has 1 unspecified atom stereocenters. The normalized spacial score (nSPS) is 16.6. The molecule has 0 aliphatic carbocycles. The van der Waals surface area contributed by atoms with Gasteiger partial charge >= 0.3 is 17.8 Å². The van der Waals surface area contributed by atoms with Gasteiger partial charge in [0.05, 0.1) is 28.3 Å². The number of nitrogens with one attached hydrogen (secondary N) is 1. The van der Waals surface area contributed by atoms with Gasteiger partial charge in [-0.3, -0.25) is 33.4 Å². The third-order valence-corrected chi connectivity index (χ3v) is 9.18. The summed E-state index contributed by atoms with van der Waals surface area (Å²) in [7, 11) is -3.30. The number of rotatable bonds is 9. The molecule has 1 aromatic heterocycles. The van der Waals surface area contributed by atoms with Crippen molar-refractivity contribution in [2.75, 3.05) is 13.2 Å². The predicted octanol–water partition coefficient (Wildman–Crippen LogP) is 2.09. The number of carbonyl (C=O) groups is 3. The third-order valence-electron chi connectivity index (χ3n) is 5.94. The monoisotopic (exact) mass is 685 g/mol. The summed E-state index contributed by atoms with van der Waals surface area (Å²) >= 11 is 6.75. The number of ether oxygens (including phenoxy) is 1. The van der Waals surface area contributed by atoms with E-state index in [9.17, 15) is 50.0 Å². The maximum Gasteiger partial charge on any atom is 0.431 e. The van der Waals surface area contributed by atoms with Crippen molar-refractivity contribution >= 4 is 62.0 Å². The van der Waals surface area contributed by atoms with Crippen LogP contribution in [0.5, 0.6) is 0 Å². The van der Waals surface area contributed by atoms with E-state index in [4.69, 9.17) is 16.3 Å². The fraction of sp³-hybridized carbons (Fsp3) is 0.417. The van der Waals surface area contributed by atoms with Gasteiger partial charge in [0, 0.05) is 19.5 Å². The Morgan fingerprint density at radius 1 is 1.18 bits per heavy atom. The van der Waals surface area contributed by atoms with Gasteiger partial charge in [0.2, 0.25) is 21.8 Å². The molecule has 1 aliphatic heterocycles. The molecule has 2 heterocycles. The Hall–Kier alpha value is -3.71. The van der Waals surface area contributed by atoms with Crippen LogP contribution < -0.4 is 16.0 Å². The minimum atomic E-state index is -5.07. The Morgan fingerprint density at radius 2 is 1.82 bits per heavy atom. The van der Waals surface area contributed by atoms with Crippen molar-refractivity contribution in [2.45, 2.75) is 43.9 Å². The molecule has 2 amide bonds. The summed E-state index contributed by atoms with van der Waals surface area (Å²) in [5, 5.41) is -2.95. The summed E-state index contributed by atoms with van der Waals surface area (Å²) in [5.41, 5.74) is -5.84. The van der Waals surface area contributed by atoms with Crippen molar-refractivity contribution in [3.63, 3.8) is 0 Å². The molecule has 240 valence electrons. The number of nitrogens with zero attached hydrogens (tertiary/aromatic N) is 4. The van der Waals surface area contributed by atoms with E-state index in [0.717, 1.165) is 18.0 Å². The van der Waals surface area contributed by atoms with E-state index in [2.05, 4.69) is 4.99 Å². The van der Waals surface area contributed by atoms with Crippen LogP contribution in [0.15, 0.2) is 32.8 Å². The Kier molecular flexibility index (Phi) is 10.4. The number of amides is 2. The molecule has 1 aromatic carbocycles. The van der Waals surface area contributed by atoms with E-state index in [1.165, 1.54) is 20.8 Å². The van der Waals surface area contributed by atoms with Crippen molar-refractivity contribution in [1.82, 2.24) is 18.8 Å². The lowest BCUT2D eigenvalue weighted by Crippen LogP contribution is -2.41. The van der Waals surface area contributed by atoms with E-state index in [1.54, 1.807) is 0 Å². The zero-order valence-corrected chi connectivity index (χ0v) is 25.7. The van der Waals surface area contributed by atoms with Crippen molar-refractivity contribution in [2.24, 2.45) is 12.0 Å². The predicted molar refractivity (Wildman–Crippen MR) is 151 cm³/mol. The van der Waals surface area contributed by atoms with Crippen LogP contribution in [0, 0.1) is 5.82 Å². The van der Waals surface area contributed by atoms with Crippen LogP contribution in [0.1, 0.15) is 32.9 Å². The van der Waals surface area contributed by atoms with Gasteiger partial charge in [-0.15, -0.1) is 0 Å². The van der Waals surface area contributed by atoms with Crippen molar-refractivity contribution in [3.05, 3.63) is 55.6 Å². The number of esters is 1. The standard InChI is InChI=1S/C24H24ClF4N5O8S2/c1-5-42-20(37)10-33-21(38)16(8-18(35)31-44(40,41)11(2)3)43-22(33)30-14-7-15(13(26)6-12(14)25)34-19(36)9-17(24(27,28)29)32(4)23(34)39/h6-7,9,11,16H,5,8,10H2,1-4H3,(H,31,35)/b30-22-. The number of sulfonamides is 1. The maximum atomic E-state index is 15.0. The Bertz CT molecular complexity index is 1770. The number of thioether (sulfide) groups is 1. The minimum Gasteiger partial charge on any atom is -0.465 e. The van der Waals surface area contributed by atoms with Gasteiger partial charge in [-0.2, -0.15) is 13.2 Å². The molecule has 0 spiro atoms. The number of hydrogen-bond donors (Lipinski definition) is 1. The van der Waals surface area contributed by atoms with Gasteiger partial charge < -0.3 is 4.74 Å². The first-order valence-electron chi connectivity index (χ1n) is 12.4. The first kappa shape index (κ1) is 34.8. The van der Waals surface area contributed by atoms with Crippen molar-refractivity contribution in [1.29, 1.82) is 0 Å². The maximum absolute atomic E-state index is 15.0. The molecular weight excluding hydrogens is 662 g/mol. The van der Waals surface area contributed by atoms with Gasteiger partial charge in [0.15, 0.2) is 5.17 Å². The van der Waals surface area contributed by atoms with Crippen LogP contribution in [0.3, 0.4) is 0 Å². The molecule has 1 atom stereocenters. The molecule has 0 radical (unpaired) electrons. The number of carbonyl (C=O) groups excluding carboxylic acids is 3. The molecule has 0 saturated carbocycles. The lowest BCUT2D eigenvalue weighted by molar-refractivity contribution is -0.146. The largest absolute Gasteiger partial charge is 0.465 e. The summed E-state index contributed by atoms with van der Waals surface area (Å²) in [6.07, 6.45) is -5.73. The van der Waals surface area contributed by atoms with Gasteiger partial charge in [0.1, 0.15) is 23.3 Å². The van der Waals surface area contributed by atoms with Gasteiger partial charge in [-0.1, -0.05) is 23.4 Å².